The molecule has 2 aromatic carbocycles. The Morgan fingerprint density at radius 2 is 1.89 bits per heavy atom. The fraction of sp³-hybridized carbons (Fsp3) is 0.214. The van der Waals surface area contributed by atoms with Crippen LogP contribution in [-0.2, 0) is 13.1 Å². The predicted octanol–water partition coefficient (Wildman–Crippen LogP) is 4.41. The van der Waals surface area contributed by atoms with E-state index in [-0.39, 0.29) is 18.4 Å². The number of aryl methyl sites for hydroxylation is 1. The highest BCUT2D eigenvalue weighted by Gasteiger charge is 2.13. The zero-order valence-corrected chi connectivity index (χ0v) is 20.7. The van der Waals surface area contributed by atoms with E-state index in [9.17, 15) is 9.59 Å². The Balaban J connectivity index is 1.38. The Morgan fingerprint density at radius 1 is 1.03 bits per heavy atom. The van der Waals surface area contributed by atoms with Gasteiger partial charge in [0.05, 0.1) is 5.69 Å². The number of amides is 2. The molecule has 0 aliphatic rings. The molecule has 0 bridgehead atoms. The summed E-state index contributed by atoms with van der Waals surface area (Å²) in [6.45, 7) is 6.24. The molecule has 2 aromatic heterocycles. The average Bonchev–Trinajstić information content (AvgIpc) is 3.40. The van der Waals surface area contributed by atoms with Crippen LogP contribution in [0.2, 0.25) is 0 Å². The predicted molar refractivity (Wildman–Crippen MR) is 141 cm³/mol. The van der Waals surface area contributed by atoms with Gasteiger partial charge in [-0.3, -0.25) is 19.7 Å². The number of hydrogen-bond donors (Lipinski definition) is 3. The quantitative estimate of drug-likeness (QED) is 0.328. The van der Waals surface area contributed by atoms with E-state index in [2.05, 4.69) is 51.6 Å². The fourth-order valence-electron chi connectivity index (χ4n) is 3.73. The van der Waals surface area contributed by atoms with Gasteiger partial charge in [0, 0.05) is 42.3 Å². The third-order valence-electron chi connectivity index (χ3n) is 6.01. The van der Waals surface area contributed by atoms with Crippen LogP contribution in [0.3, 0.4) is 0 Å². The van der Waals surface area contributed by atoms with Gasteiger partial charge in [0.15, 0.2) is 0 Å². The van der Waals surface area contributed by atoms with E-state index in [1.165, 1.54) is 11.1 Å². The van der Waals surface area contributed by atoms with E-state index in [0.29, 0.717) is 17.0 Å². The van der Waals surface area contributed by atoms with Crippen LogP contribution in [0.5, 0.6) is 0 Å². The van der Waals surface area contributed by atoms with E-state index >= 15 is 0 Å². The summed E-state index contributed by atoms with van der Waals surface area (Å²) in [5.41, 5.74) is 6.29. The third kappa shape index (κ3) is 6.22. The van der Waals surface area contributed by atoms with Crippen molar-refractivity contribution in [3.8, 4) is 11.3 Å². The van der Waals surface area contributed by atoms with Gasteiger partial charge in [0.2, 0.25) is 0 Å². The van der Waals surface area contributed by atoms with Crippen molar-refractivity contribution in [3.63, 3.8) is 0 Å². The molecule has 0 aliphatic heterocycles. The lowest BCUT2D eigenvalue weighted by molar-refractivity contribution is 0.0945. The van der Waals surface area contributed by atoms with Gasteiger partial charge >= 0.3 is 0 Å². The second-order valence-electron chi connectivity index (χ2n) is 8.72. The molecule has 3 N–H and O–H groups in total. The molecule has 4 aromatic rings. The van der Waals surface area contributed by atoms with Crippen molar-refractivity contribution in [2.24, 2.45) is 0 Å². The Hall–Kier alpha value is -4.30. The van der Waals surface area contributed by atoms with Gasteiger partial charge < -0.3 is 15.5 Å². The van der Waals surface area contributed by atoms with Gasteiger partial charge in [0.1, 0.15) is 5.69 Å². The minimum atomic E-state index is -0.281. The van der Waals surface area contributed by atoms with Crippen molar-refractivity contribution in [1.29, 1.82) is 0 Å². The minimum Gasteiger partial charge on any atom is -0.347 e. The molecule has 0 unspecified atom stereocenters. The van der Waals surface area contributed by atoms with Crippen LogP contribution in [-0.4, -0.2) is 45.5 Å². The molecule has 0 aliphatic carbocycles. The van der Waals surface area contributed by atoms with Crippen molar-refractivity contribution in [2.45, 2.75) is 26.9 Å². The van der Waals surface area contributed by atoms with Crippen LogP contribution >= 0.6 is 0 Å². The number of aromatic amines is 1. The monoisotopic (exact) mass is 482 g/mol. The number of carbonyl (C=O) groups excluding carboxylic acids is 2. The number of H-pyrrole nitrogens is 1. The van der Waals surface area contributed by atoms with Crippen LogP contribution < -0.4 is 10.6 Å². The highest BCUT2D eigenvalue weighted by molar-refractivity contribution is 6.04. The lowest BCUT2D eigenvalue weighted by atomic mass is 10.1. The molecular formula is C28H30N6O2. The molecule has 0 fully saturated rings. The number of benzene rings is 2. The third-order valence-corrected chi connectivity index (χ3v) is 6.01. The topological polar surface area (TPSA) is 103 Å². The van der Waals surface area contributed by atoms with Crippen molar-refractivity contribution >= 4 is 17.5 Å². The first kappa shape index (κ1) is 24.8. The van der Waals surface area contributed by atoms with Crippen molar-refractivity contribution < 1.29 is 9.59 Å². The molecule has 2 amide bonds. The molecule has 8 nitrogen and oxygen atoms in total. The first-order chi connectivity index (χ1) is 17.4. The van der Waals surface area contributed by atoms with Gasteiger partial charge in [-0.2, -0.15) is 5.10 Å². The van der Waals surface area contributed by atoms with Crippen LogP contribution in [0.15, 0.2) is 73.1 Å². The molecule has 36 heavy (non-hydrogen) atoms. The minimum absolute atomic E-state index is 0.198. The number of nitrogens with one attached hydrogen (secondary N) is 3. The van der Waals surface area contributed by atoms with Crippen LogP contribution in [0.4, 0.5) is 5.69 Å². The lowest BCUT2D eigenvalue weighted by Gasteiger charge is -2.17. The maximum Gasteiger partial charge on any atom is 0.269 e. The van der Waals surface area contributed by atoms with Crippen LogP contribution in [0, 0.1) is 6.92 Å². The maximum absolute atomic E-state index is 12.9. The summed E-state index contributed by atoms with van der Waals surface area (Å²) >= 11 is 0. The molecule has 8 heteroatoms. The summed E-state index contributed by atoms with van der Waals surface area (Å²) < 4.78 is 0. The van der Waals surface area contributed by atoms with E-state index < -0.39 is 0 Å². The number of aromatic nitrogens is 3. The first-order valence-corrected chi connectivity index (χ1v) is 11.9. The Bertz CT molecular complexity index is 1350. The number of nitrogens with zero attached hydrogens (tertiary/aromatic N) is 3. The van der Waals surface area contributed by atoms with Crippen molar-refractivity contribution in [2.75, 3.05) is 18.9 Å². The summed E-state index contributed by atoms with van der Waals surface area (Å²) in [5, 5.41) is 12.8. The average molecular weight is 483 g/mol. The second-order valence-corrected chi connectivity index (χ2v) is 8.72. The maximum atomic E-state index is 12.9. The molecule has 2 heterocycles. The Labute approximate surface area is 210 Å². The number of anilines is 1. The number of pyridine rings is 1. The SMILES string of the molecule is CCN(C)Cc1cc(NC(=O)c2cccc(CNC(=O)c3cc(-c4cccnc4)n[nH]3)c2)ccc1C. The molecule has 0 saturated heterocycles. The highest BCUT2D eigenvalue weighted by atomic mass is 16.2. The van der Waals surface area contributed by atoms with E-state index in [1.54, 1.807) is 30.6 Å². The van der Waals surface area contributed by atoms with Gasteiger partial charge in [-0.05, 0) is 79.7 Å². The summed E-state index contributed by atoms with van der Waals surface area (Å²) in [4.78, 5) is 31.8. The number of carbonyl (C=O) groups is 2. The zero-order valence-electron chi connectivity index (χ0n) is 20.7. The molecule has 0 atom stereocenters. The molecule has 0 saturated carbocycles. The Morgan fingerprint density at radius 3 is 2.67 bits per heavy atom. The lowest BCUT2D eigenvalue weighted by Crippen LogP contribution is -2.23. The standard InChI is InChI=1S/C28H30N6O2/c1-4-34(3)18-23-14-24(11-10-19(23)2)31-27(35)21-8-5-7-20(13-21)16-30-28(36)26-15-25(32-33-26)22-9-6-12-29-17-22/h5-15,17H,4,16,18H2,1-3H3,(H,30,36)(H,31,35)(H,32,33). The van der Waals surface area contributed by atoms with Gasteiger partial charge in [-0.15, -0.1) is 0 Å². The first-order valence-electron chi connectivity index (χ1n) is 11.9. The summed E-state index contributed by atoms with van der Waals surface area (Å²) in [6.07, 6.45) is 3.37. The summed E-state index contributed by atoms with van der Waals surface area (Å²) in [5.74, 6) is -0.478. The normalized spacial score (nSPS) is 10.9. The zero-order chi connectivity index (χ0) is 25.5. The molecular weight excluding hydrogens is 452 g/mol. The number of rotatable bonds is 9. The van der Waals surface area contributed by atoms with Crippen molar-refractivity contribution in [3.05, 3.63) is 101 Å². The van der Waals surface area contributed by atoms with Crippen molar-refractivity contribution in [1.82, 2.24) is 25.4 Å². The second kappa shape index (κ2) is 11.4. The molecule has 4 rings (SSSR count). The smallest absolute Gasteiger partial charge is 0.269 e. The van der Waals surface area contributed by atoms with Crippen LogP contribution in [0.1, 0.15) is 44.5 Å². The van der Waals surface area contributed by atoms with E-state index in [1.807, 2.05) is 42.5 Å². The van der Waals surface area contributed by atoms with Gasteiger partial charge in [-0.1, -0.05) is 25.1 Å². The number of hydrogen-bond acceptors (Lipinski definition) is 5. The Kier molecular flexibility index (Phi) is 7.87. The molecule has 0 radical (unpaired) electrons. The van der Waals surface area contributed by atoms with Gasteiger partial charge in [-0.25, -0.2) is 0 Å². The van der Waals surface area contributed by atoms with Gasteiger partial charge in [0.25, 0.3) is 11.8 Å². The molecule has 0 spiro atoms. The highest BCUT2D eigenvalue weighted by Crippen LogP contribution is 2.19. The molecule has 184 valence electrons. The van der Waals surface area contributed by atoms with Crippen LogP contribution in [0.25, 0.3) is 11.3 Å². The fourth-order valence-corrected chi connectivity index (χ4v) is 3.73. The van der Waals surface area contributed by atoms with E-state index in [0.717, 1.165) is 29.9 Å². The summed E-state index contributed by atoms with van der Waals surface area (Å²) in [6, 6.07) is 18.6. The van der Waals surface area contributed by atoms with E-state index in [4.69, 9.17) is 0 Å². The largest absolute Gasteiger partial charge is 0.347 e. The summed E-state index contributed by atoms with van der Waals surface area (Å²) in [7, 11) is 2.07.